The first-order valence-corrected chi connectivity index (χ1v) is 12.7. The van der Waals surface area contributed by atoms with Gasteiger partial charge >= 0.3 is 0 Å². The van der Waals surface area contributed by atoms with Gasteiger partial charge in [0.2, 0.25) is 0 Å². The summed E-state index contributed by atoms with van der Waals surface area (Å²) in [5.41, 5.74) is 4.76. The van der Waals surface area contributed by atoms with Crippen LogP contribution in [0.15, 0.2) is 84.0 Å². The first kappa shape index (κ1) is 22.8. The molecule has 1 atom stereocenters. The summed E-state index contributed by atoms with van der Waals surface area (Å²) in [6.07, 6.45) is 5.03. The van der Waals surface area contributed by atoms with Gasteiger partial charge in [0.15, 0.2) is 11.4 Å². The summed E-state index contributed by atoms with van der Waals surface area (Å²) in [5.74, 6) is 1.32. The van der Waals surface area contributed by atoms with E-state index >= 15 is 0 Å². The Morgan fingerprint density at radius 1 is 0.943 bits per heavy atom. The van der Waals surface area contributed by atoms with Crippen LogP contribution in [0.5, 0.6) is 5.75 Å². The zero-order valence-corrected chi connectivity index (χ0v) is 20.8. The third-order valence-electron chi connectivity index (χ3n) is 6.32. The van der Waals surface area contributed by atoms with Crippen molar-refractivity contribution in [2.75, 3.05) is 13.4 Å². The van der Waals surface area contributed by atoms with Gasteiger partial charge in [-0.15, -0.1) is 0 Å². The monoisotopic (exact) mass is 483 g/mol. The molecule has 2 heterocycles. The molecule has 35 heavy (non-hydrogen) atoms. The average molecular weight is 484 g/mol. The number of ether oxygens (including phenoxy) is 1. The molecule has 5 rings (SSSR count). The van der Waals surface area contributed by atoms with Crippen LogP contribution in [-0.2, 0) is 17.8 Å². The van der Waals surface area contributed by atoms with E-state index in [1.54, 1.807) is 25.8 Å². The van der Waals surface area contributed by atoms with Crippen molar-refractivity contribution in [2.24, 2.45) is 7.05 Å². The topological polar surface area (TPSA) is 71.1 Å². The molecule has 0 aliphatic rings. The highest BCUT2D eigenvalue weighted by molar-refractivity contribution is 7.84. The molecule has 2 aromatic heterocycles. The molecule has 0 bridgehead atoms. The number of hydrogen-bond donors (Lipinski definition) is 0. The molecule has 0 aliphatic heterocycles. The van der Waals surface area contributed by atoms with E-state index in [4.69, 9.17) is 4.74 Å². The lowest BCUT2D eigenvalue weighted by Gasteiger charge is -2.10. The molecule has 0 radical (unpaired) electrons. The van der Waals surface area contributed by atoms with Crippen LogP contribution in [0.3, 0.4) is 0 Å². The van der Waals surface area contributed by atoms with Crippen LogP contribution in [0.4, 0.5) is 0 Å². The largest absolute Gasteiger partial charge is 0.710 e. The number of fused-ring (bicyclic) bond motifs is 1. The Kier molecular flexibility index (Phi) is 5.86. The SMILES string of the molecule is COc1ccc2cc(-c3c(-c4ccncc4)[n+]([O-])c(-c4ccc(S(C)=O)cc4C)n3C)ccc2c1. The second-order valence-corrected chi connectivity index (χ2v) is 9.85. The van der Waals surface area contributed by atoms with Crippen LogP contribution in [0.25, 0.3) is 44.7 Å². The summed E-state index contributed by atoms with van der Waals surface area (Å²) in [5, 5.41) is 16.0. The first-order chi connectivity index (χ1) is 16.9. The Morgan fingerprint density at radius 3 is 2.34 bits per heavy atom. The van der Waals surface area contributed by atoms with Gasteiger partial charge < -0.3 is 9.94 Å². The van der Waals surface area contributed by atoms with Crippen molar-refractivity contribution in [1.29, 1.82) is 0 Å². The van der Waals surface area contributed by atoms with E-state index in [-0.39, 0.29) is 0 Å². The first-order valence-electron chi connectivity index (χ1n) is 11.1. The van der Waals surface area contributed by atoms with Gasteiger partial charge in [-0.2, -0.15) is 0 Å². The van der Waals surface area contributed by atoms with E-state index in [0.717, 1.165) is 54.1 Å². The normalized spacial score (nSPS) is 12.1. The molecule has 0 spiro atoms. The molecular weight excluding hydrogens is 458 g/mol. The van der Waals surface area contributed by atoms with Gasteiger partial charge in [-0.05, 0) is 77.9 Å². The zero-order valence-electron chi connectivity index (χ0n) is 20.0. The van der Waals surface area contributed by atoms with Crippen molar-refractivity contribution in [3.05, 3.63) is 89.9 Å². The average Bonchev–Trinajstić information content (AvgIpc) is 3.13. The highest BCUT2D eigenvalue weighted by Gasteiger charge is 2.29. The Balaban J connectivity index is 1.78. The maximum atomic E-state index is 13.9. The smallest absolute Gasteiger partial charge is 0.293 e. The standard InChI is InChI=1S/C28H25N3O3S/c1-18-15-24(35(4)33)9-10-25(18)28-30(2)26(27(31(28)32)19-11-13-29-14-12-19)22-6-5-21-17-23(34-3)8-7-20(21)16-22/h5-17H,1-4H3. The molecule has 0 saturated heterocycles. The zero-order chi connectivity index (χ0) is 24.7. The highest BCUT2D eigenvalue weighted by Crippen LogP contribution is 2.36. The van der Waals surface area contributed by atoms with Gasteiger partial charge in [0.1, 0.15) is 5.75 Å². The quantitative estimate of drug-likeness (QED) is 0.252. The van der Waals surface area contributed by atoms with Gasteiger partial charge in [-0.1, -0.05) is 12.1 Å². The minimum atomic E-state index is -1.10. The molecule has 7 heteroatoms. The third kappa shape index (κ3) is 3.98. The molecule has 3 aromatic carbocycles. The fourth-order valence-electron chi connectivity index (χ4n) is 4.55. The summed E-state index contributed by atoms with van der Waals surface area (Å²) in [6, 6.07) is 21.4. The Hall–Kier alpha value is -3.97. The molecule has 0 aliphatic carbocycles. The number of aryl methyl sites for hydroxylation is 1. The number of imidazole rings is 1. The molecule has 1 unspecified atom stereocenters. The van der Waals surface area contributed by atoms with Crippen molar-refractivity contribution < 1.29 is 13.7 Å². The Bertz CT molecular complexity index is 1590. The number of rotatable bonds is 5. The van der Waals surface area contributed by atoms with E-state index < -0.39 is 10.8 Å². The lowest BCUT2D eigenvalue weighted by Crippen LogP contribution is -2.30. The number of aromatic nitrogens is 3. The summed E-state index contributed by atoms with van der Waals surface area (Å²) >= 11 is 0. The van der Waals surface area contributed by atoms with E-state index in [1.165, 1.54) is 0 Å². The molecule has 0 fully saturated rings. The predicted octanol–water partition coefficient (Wildman–Crippen LogP) is 5.26. The summed E-state index contributed by atoms with van der Waals surface area (Å²) in [6.45, 7) is 1.94. The molecule has 176 valence electrons. The van der Waals surface area contributed by atoms with Crippen LogP contribution in [0, 0.1) is 12.1 Å². The lowest BCUT2D eigenvalue weighted by molar-refractivity contribution is -0.581. The third-order valence-corrected chi connectivity index (χ3v) is 7.24. The van der Waals surface area contributed by atoms with E-state index in [0.29, 0.717) is 11.5 Å². The number of nitrogens with zero attached hydrogens (tertiary/aromatic N) is 3. The van der Waals surface area contributed by atoms with E-state index in [1.807, 2.05) is 79.2 Å². The Morgan fingerprint density at radius 2 is 1.66 bits per heavy atom. The minimum Gasteiger partial charge on any atom is -0.710 e. The van der Waals surface area contributed by atoms with Crippen LogP contribution >= 0.6 is 0 Å². The predicted molar refractivity (Wildman–Crippen MR) is 140 cm³/mol. The van der Waals surface area contributed by atoms with Crippen molar-refractivity contribution in [3.8, 4) is 39.7 Å². The van der Waals surface area contributed by atoms with Gasteiger partial charge in [0.25, 0.3) is 5.82 Å². The van der Waals surface area contributed by atoms with Crippen molar-refractivity contribution in [1.82, 2.24) is 9.55 Å². The highest BCUT2D eigenvalue weighted by atomic mass is 32.2. The van der Waals surface area contributed by atoms with Crippen molar-refractivity contribution >= 4 is 21.6 Å². The second-order valence-electron chi connectivity index (χ2n) is 8.47. The van der Waals surface area contributed by atoms with Gasteiger partial charge in [-0.25, -0.2) is 9.30 Å². The lowest BCUT2D eigenvalue weighted by atomic mass is 10.0. The van der Waals surface area contributed by atoms with Gasteiger partial charge in [0.05, 0.1) is 19.7 Å². The second kappa shape index (κ2) is 9.00. The molecule has 0 amide bonds. The van der Waals surface area contributed by atoms with Crippen LogP contribution in [0.2, 0.25) is 0 Å². The molecule has 0 N–H and O–H groups in total. The maximum Gasteiger partial charge on any atom is 0.293 e. The van der Waals surface area contributed by atoms with Crippen molar-refractivity contribution in [2.45, 2.75) is 11.8 Å². The van der Waals surface area contributed by atoms with E-state index in [2.05, 4.69) is 11.1 Å². The Labute approximate surface area is 206 Å². The number of benzene rings is 3. The van der Waals surface area contributed by atoms with Crippen molar-refractivity contribution in [3.63, 3.8) is 0 Å². The molecule has 6 nitrogen and oxygen atoms in total. The summed E-state index contributed by atoms with van der Waals surface area (Å²) in [4.78, 5) is 4.86. The van der Waals surface area contributed by atoms with Crippen LogP contribution in [0.1, 0.15) is 5.56 Å². The molecule has 5 aromatic rings. The molecule has 0 saturated carbocycles. The fraction of sp³-hybridized carbons (Fsp3) is 0.143. The summed E-state index contributed by atoms with van der Waals surface area (Å²) in [7, 11) is 2.47. The van der Waals surface area contributed by atoms with Gasteiger partial charge in [0, 0.05) is 45.5 Å². The summed E-state index contributed by atoms with van der Waals surface area (Å²) < 4.78 is 20.3. The minimum absolute atomic E-state index is 0.521. The number of pyridine rings is 1. The number of methoxy groups -OCH3 is 1. The van der Waals surface area contributed by atoms with Crippen LogP contribution in [-0.4, -0.2) is 27.1 Å². The van der Waals surface area contributed by atoms with Gasteiger partial charge in [-0.3, -0.25) is 9.19 Å². The molecular formula is C28H25N3O3S. The fourth-order valence-corrected chi connectivity index (χ4v) is 5.15. The van der Waals surface area contributed by atoms with Crippen LogP contribution < -0.4 is 9.47 Å². The van der Waals surface area contributed by atoms with E-state index in [9.17, 15) is 9.42 Å². The maximum absolute atomic E-state index is 13.9. The number of hydrogen-bond acceptors (Lipinski definition) is 4.